The average Bonchev–Trinajstić information content (AvgIpc) is 2.41. The van der Waals surface area contributed by atoms with E-state index in [4.69, 9.17) is 0 Å². The van der Waals surface area contributed by atoms with E-state index in [2.05, 4.69) is 69.1 Å². The first kappa shape index (κ1) is 17.2. The van der Waals surface area contributed by atoms with Gasteiger partial charge in [0.1, 0.15) is 0 Å². The Labute approximate surface area is 125 Å². The van der Waals surface area contributed by atoms with Crippen LogP contribution < -0.4 is 5.32 Å². The van der Waals surface area contributed by atoms with Crippen LogP contribution in [0.5, 0.6) is 0 Å². The minimum absolute atomic E-state index is 0.178. The highest BCUT2D eigenvalue weighted by Gasteiger charge is 2.08. The van der Waals surface area contributed by atoms with Crippen LogP contribution in [0.15, 0.2) is 24.3 Å². The number of hydrogen-bond donors (Lipinski definition) is 1. The summed E-state index contributed by atoms with van der Waals surface area (Å²) in [5, 5.41) is 3.53. The number of hydrogen-bond acceptors (Lipinski definition) is 2. The predicted molar refractivity (Wildman–Crippen MR) is 88.9 cm³/mol. The van der Waals surface area contributed by atoms with Crippen LogP contribution in [0.1, 0.15) is 58.6 Å². The molecule has 1 aromatic carbocycles. The second-order valence-corrected chi connectivity index (χ2v) is 6.64. The minimum atomic E-state index is 0.178. The summed E-state index contributed by atoms with van der Waals surface area (Å²) in [6.07, 6.45) is 2.56. The number of unbranched alkanes of at least 4 members (excludes halogenated alkanes) is 1. The minimum Gasteiger partial charge on any atom is -0.308 e. The van der Waals surface area contributed by atoms with Crippen LogP contribution in [0, 0.1) is 0 Å². The van der Waals surface area contributed by atoms with Crippen molar-refractivity contribution in [1.29, 1.82) is 0 Å². The highest BCUT2D eigenvalue weighted by Crippen LogP contribution is 2.10. The highest BCUT2D eigenvalue weighted by atomic mass is 15.1. The van der Waals surface area contributed by atoms with Gasteiger partial charge in [-0.3, -0.25) is 4.90 Å². The zero-order valence-corrected chi connectivity index (χ0v) is 14.0. The smallest absolute Gasteiger partial charge is 0.0233 e. The first-order chi connectivity index (χ1) is 9.44. The maximum absolute atomic E-state index is 3.53. The van der Waals surface area contributed by atoms with Gasteiger partial charge in [0.15, 0.2) is 0 Å². The fourth-order valence-corrected chi connectivity index (χ4v) is 2.12. The van der Waals surface area contributed by atoms with E-state index in [0.29, 0.717) is 0 Å². The Morgan fingerprint density at radius 1 is 1.00 bits per heavy atom. The van der Waals surface area contributed by atoms with Gasteiger partial charge in [0.2, 0.25) is 0 Å². The summed E-state index contributed by atoms with van der Waals surface area (Å²) in [7, 11) is 0. The van der Waals surface area contributed by atoms with E-state index < -0.39 is 0 Å². The Kier molecular flexibility index (Phi) is 7.25. The van der Waals surface area contributed by atoms with Crippen molar-refractivity contribution < 1.29 is 0 Å². The molecule has 0 aliphatic rings. The van der Waals surface area contributed by atoms with Crippen molar-refractivity contribution in [2.45, 2.75) is 66.1 Å². The van der Waals surface area contributed by atoms with Crippen LogP contribution in [0.4, 0.5) is 0 Å². The lowest BCUT2D eigenvalue weighted by atomic mass is 10.1. The molecular weight excluding hydrogens is 244 g/mol. The topological polar surface area (TPSA) is 15.3 Å². The largest absolute Gasteiger partial charge is 0.308 e. The van der Waals surface area contributed by atoms with Gasteiger partial charge in [-0.2, -0.15) is 0 Å². The van der Waals surface area contributed by atoms with E-state index in [1.807, 2.05) is 0 Å². The lowest BCUT2D eigenvalue weighted by Gasteiger charge is -2.21. The zero-order valence-electron chi connectivity index (χ0n) is 14.0. The van der Waals surface area contributed by atoms with Crippen LogP contribution in [0.25, 0.3) is 0 Å². The molecule has 0 aliphatic heterocycles. The fraction of sp³-hybridized carbons (Fsp3) is 0.667. The summed E-state index contributed by atoms with van der Waals surface area (Å²) < 4.78 is 0. The van der Waals surface area contributed by atoms with Crippen molar-refractivity contribution in [3.63, 3.8) is 0 Å². The number of nitrogens with zero attached hydrogens (tertiary/aromatic N) is 1. The van der Waals surface area contributed by atoms with E-state index in [-0.39, 0.29) is 5.54 Å². The number of benzene rings is 1. The molecule has 20 heavy (non-hydrogen) atoms. The first-order valence-electron chi connectivity index (χ1n) is 7.99. The van der Waals surface area contributed by atoms with E-state index >= 15 is 0 Å². The van der Waals surface area contributed by atoms with E-state index in [0.717, 1.165) is 19.6 Å². The van der Waals surface area contributed by atoms with E-state index in [1.165, 1.54) is 30.5 Å². The van der Waals surface area contributed by atoms with Crippen molar-refractivity contribution in [3.05, 3.63) is 35.4 Å². The van der Waals surface area contributed by atoms with Crippen LogP contribution in [0.2, 0.25) is 0 Å². The monoisotopic (exact) mass is 276 g/mol. The molecule has 1 rings (SSSR count). The number of rotatable bonds is 8. The van der Waals surface area contributed by atoms with Crippen molar-refractivity contribution >= 4 is 0 Å². The molecule has 0 radical (unpaired) electrons. The summed E-state index contributed by atoms with van der Waals surface area (Å²) in [6, 6.07) is 9.05. The summed E-state index contributed by atoms with van der Waals surface area (Å²) in [5.74, 6) is 0. The number of nitrogens with one attached hydrogen (secondary N) is 1. The van der Waals surface area contributed by atoms with E-state index in [9.17, 15) is 0 Å². The molecule has 0 heterocycles. The quantitative estimate of drug-likeness (QED) is 0.765. The zero-order chi connectivity index (χ0) is 15.0. The molecule has 2 nitrogen and oxygen atoms in total. The van der Waals surface area contributed by atoms with Crippen molar-refractivity contribution in [2.24, 2.45) is 0 Å². The Bertz CT molecular complexity index is 362. The molecule has 114 valence electrons. The molecule has 0 saturated carbocycles. The molecule has 0 aliphatic carbocycles. The fourth-order valence-electron chi connectivity index (χ4n) is 2.12. The van der Waals surface area contributed by atoms with Crippen molar-refractivity contribution in [2.75, 3.05) is 13.1 Å². The second-order valence-electron chi connectivity index (χ2n) is 6.64. The normalized spacial score (nSPS) is 12.1. The standard InChI is InChI=1S/C18H32N2/c1-6-8-13-20(7-2)15-17-11-9-16(10-12-17)14-19-18(3,4)5/h9-12,19H,6-8,13-15H2,1-5H3. The second kappa shape index (κ2) is 8.43. The van der Waals surface area contributed by atoms with Crippen LogP contribution in [0.3, 0.4) is 0 Å². The Hall–Kier alpha value is -0.860. The molecule has 2 heteroatoms. The molecular formula is C18H32N2. The summed E-state index contributed by atoms with van der Waals surface area (Å²) in [5.41, 5.74) is 2.96. The van der Waals surface area contributed by atoms with Crippen LogP contribution >= 0.6 is 0 Å². The molecule has 0 atom stereocenters. The summed E-state index contributed by atoms with van der Waals surface area (Å²) >= 11 is 0. The van der Waals surface area contributed by atoms with Crippen molar-refractivity contribution in [3.8, 4) is 0 Å². The molecule has 0 bridgehead atoms. The maximum atomic E-state index is 3.53. The third kappa shape index (κ3) is 7.06. The molecule has 0 unspecified atom stereocenters. The van der Waals surface area contributed by atoms with Gasteiger partial charge in [-0.25, -0.2) is 0 Å². The molecule has 0 aromatic heterocycles. The Morgan fingerprint density at radius 3 is 2.10 bits per heavy atom. The van der Waals surface area contributed by atoms with Crippen LogP contribution in [-0.4, -0.2) is 23.5 Å². The maximum Gasteiger partial charge on any atom is 0.0233 e. The van der Waals surface area contributed by atoms with Gasteiger partial charge in [-0.05, 0) is 51.4 Å². The average molecular weight is 276 g/mol. The Morgan fingerprint density at radius 2 is 1.60 bits per heavy atom. The van der Waals surface area contributed by atoms with Gasteiger partial charge in [-0.1, -0.05) is 44.5 Å². The Balaban J connectivity index is 2.49. The first-order valence-corrected chi connectivity index (χ1v) is 7.99. The summed E-state index contributed by atoms with van der Waals surface area (Å²) in [6.45, 7) is 15.5. The third-order valence-electron chi connectivity index (χ3n) is 3.53. The molecule has 1 aromatic rings. The van der Waals surface area contributed by atoms with Gasteiger partial charge < -0.3 is 5.32 Å². The molecule has 1 N–H and O–H groups in total. The third-order valence-corrected chi connectivity index (χ3v) is 3.53. The van der Waals surface area contributed by atoms with Gasteiger partial charge in [-0.15, -0.1) is 0 Å². The lowest BCUT2D eigenvalue weighted by molar-refractivity contribution is 0.275. The van der Waals surface area contributed by atoms with Crippen molar-refractivity contribution in [1.82, 2.24) is 10.2 Å². The van der Waals surface area contributed by atoms with Crippen LogP contribution in [-0.2, 0) is 13.1 Å². The summed E-state index contributed by atoms with van der Waals surface area (Å²) in [4.78, 5) is 2.52. The van der Waals surface area contributed by atoms with Gasteiger partial charge in [0.05, 0.1) is 0 Å². The van der Waals surface area contributed by atoms with Gasteiger partial charge in [0, 0.05) is 18.6 Å². The highest BCUT2D eigenvalue weighted by molar-refractivity contribution is 5.22. The molecule has 0 spiro atoms. The SMILES string of the molecule is CCCCN(CC)Cc1ccc(CNC(C)(C)C)cc1. The predicted octanol–water partition coefficient (Wildman–Crippen LogP) is 4.20. The van der Waals surface area contributed by atoms with Gasteiger partial charge >= 0.3 is 0 Å². The van der Waals surface area contributed by atoms with Gasteiger partial charge in [0.25, 0.3) is 0 Å². The molecule has 0 amide bonds. The van der Waals surface area contributed by atoms with E-state index in [1.54, 1.807) is 0 Å². The molecule has 0 fully saturated rings. The molecule has 0 saturated heterocycles. The lowest BCUT2D eigenvalue weighted by Crippen LogP contribution is -2.35.